The van der Waals surface area contributed by atoms with Gasteiger partial charge in [-0.05, 0) is 30.6 Å². The first kappa shape index (κ1) is 14.2. The molecule has 3 atom stereocenters. The topological polar surface area (TPSA) is 20.3 Å². The first-order chi connectivity index (χ1) is 8.47. The van der Waals surface area contributed by atoms with Crippen LogP contribution in [0, 0.1) is 17.3 Å². The van der Waals surface area contributed by atoms with Crippen molar-refractivity contribution in [1.82, 2.24) is 4.90 Å². The van der Waals surface area contributed by atoms with Crippen molar-refractivity contribution in [2.75, 3.05) is 12.4 Å². The van der Waals surface area contributed by atoms with E-state index in [2.05, 4.69) is 25.7 Å². The van der Waals surface area contributed by atoms with Crippen LogP contribution in [-0.4, -0.2) is 29.3 Å². The lowest BCUT2D eigenvalue weighted by Gasteiger charge is -2.40. The Morgan fingerprint density at radius 2 is 2.06 bits per heavy atom. The third kappa shape index (κ3) is 2.54. The van der Waals surface area contributed by atoms with Gasteiger partial charge in [-0.3, -0.25) is 4.79 Å². The van der Waals surface area contributed by atoms with Gasteiger partial charge in [0.15, 0.2) is 0 Å². The highest BCUT2D eigenvalue weighted by atomic mass is 35.5. The Morgan fingerprint density at radius 3 is 2.67 bits per heavy atom. The molecule has 18 heavy (non-hydrogen) atoms. The average molecular weight is 272 g/mol. The molecule has 2 aliphatic rings. The zero-order valence-corrected chi connectivity index (χ0v) is 12.7. The van der Waals surface area contributed by atoms with E-state index in [1.165, 1.54) is 19.3 Å². The van der Waals surface area contributed by atoms with Gasteiger partial charge in [0.1, 0.15) is 0 Å². The van der Waals surface area contributed by atoms with Crippen LogP contribution in [0.1, 0.15) is 52.9 Å². The molecule has 104 valence electrons. The molecule has 3 unspecified atom stereocenters. The van der Waals surface area contributed by atoms with Gasteiger partial charge in [0.25, 0.3) is 0 Å². The normalized spacial score (nSPS) is 35.8. The lowest BCUT2D eigenvalue weighted by molar-refractivity contribution is -0.142. The van der Waals surface area contributed by atoms with E-state index >= 15 is 0 Å². The fourth-order valence-corrected chi connectivity index (χ4v) is 4.14. The molecule has 2 fully saturated rings. The predicted octanol–water partition coefficient (Wildman–Crippen LogP) is 3.68. The number of amides is 1. The number of halogens is 1. The van der Waals surface area contributed by atoms with Crippen molar-refractivity contribution in [2.45, 2.75) is 58.9 Å². The summed E-state index contributed by atoms with van der Waals surface area (Å²) in [7, 11) is 0. The van der Waals surface area contributed by atoms with Gasteiger partial charge in [-0.2, -0.15) is 0 Å². The molecule has 1 saturated heterocycles. The standard InChI is InChI=1S/C15H26ClNO/c1-11-7-9-17(13(11)10-16)14(18)12-6-4-5-8-15(12,2)3/h11-13H,4-10H2,1-3H3. The Morgan fingerprint density at radius 1 is 1.33 bits per heavy atom. The Labute approximate surface area is 116 Å². The number of hydrogen-bond acceptors (Lipinski definition) is 1. The second-order valence-corrected chi connectivity index (χ2v) is 7.11. The highest BCUT2D eigenvalue weighted by Gasteiger charge is 2.43. The molecule has 1 aliphatic carbocycles. The second-order valence-electron chi connectivity index (χ2n) is 6.81. The van der Waals surface area contributed by atoms with Crippen LogP contribution >= 0.6 is 11.6 Å². The fraction of sp³-hybridized carbons (Fsp3) is 0.933. The Kier molecular flexibility index (Phi) is 4.25. The monoisotopic (exact) mass is 271 g/mol. The van der Waals surface area contributed by atoms with Crippen LogP contribution in [0.4, 0.5) is 0 Å². The smallest absolute Gasteiger partial charge is 0.226 e. The van der Waals surface area contributed by atoms with Gasteiger partial charge < -0.3 is 4.90 Å². The minimum atomic E-state index is 0.165. The van der Waals surface area contributed by atoms with Crippen molar-refractivity contribution < 1.29 is 4.79 Å². The molecule has 0 aromatic rings. The summed E-state index contributed by atoms with van der Waals surface area (Å²) < 4.78 is 0. The molecular formula is C15H26ClNO. The average Bonchev–Trinajstić information content (AvgIpc) is 2.69. The van der Waals surface area contributed by atoms with Crippen molar-refractivity contribution in [1.29, 1.82) is 0 Å². The van der Waals surface area contributed by atoms with Crippen molar-refractivity contribution in [3.63, 3.8) is 0 Å². The molecule has 1 amide bonds. The fourth-order valence-electron chi connectivity index (χ4n) is 3.67. The molecule has 1 saturated carbocycles. The molecule has 0 aromatic carbocycles. The predicted molar refractivity (Wildman–Crippen MR) is 75.7 cm³/mol. The number of nitrogens with zero attached hydrogens (tertiary/aromatic N) is 1. The summed E-state index contributed by atoms with van der Waals surface area (Å²) in [6.45, 7) is 7.63. The minimum Gasteiger partial charge on any atom is -0.338 e. The number of rotatable bonds is 2. The van der Waals surface area contributed by atoms with E-state index in [9.17, 15) is 4.79 Å². The van der Waals surface area contributed by atoms with Crippen LogP contribution < -0.4 is 0 Å². The highest BCUT2D eigenvalue weighted by Crippen LogP contribution is 2.42. The van der Waals surface area contributed by atoms with Gasteiger partial charge in [-0.1, -0.05) is 33.6 Å². The number of hydrogen-bond donors (Lipinski definition) is 0. The summed E-state index contributed by atoms with van der Waals surface area (Å²) in [5.41, 5.74) is 0.165. The molecule has 0 radical (unpaired) electrons. The minimum absolute atomic E-state index is 0.165. The molecule has 0 spiro atoms. The number of carbonyl (C=O) groups excluding carboxylic acids is 1. The van der Waals surface area contributed by atoms with Gasteiger partial charge in [-0.25, -0.2) is 0 Å². The van der Waals surface area contributed by atoms with E-state index in [4.69, 9.17) is 11.6 Å². The van der Waals surface area contributed by atoms with E-state index < -0.39 is 0 Å². The van der Waals surface area contributed by atoms with Crippen LogP contribution in [0.5, 0.6) is 0 Å². The van der Waals surface area contributed by atoms with Crippen LogP contribution in [0.25, 0.3) is 0 Å². The van der Waals surface area contributed by atoms with Crippen LogP contribution in [0.2, 0.25) is 0 Å². The molecule has 0 aromatic heterocycles. The summed E-state index contributed by atoms with van der Waals surface area (Å²) >= 11 is 6.06. The largest absolute Gasteiger partial charge is 0.338 e. The van der Waals surface area contributed by atoms with E-state index in [0.717, 1.165) is 19.4 Å². The van der Waals surface area contributed by atoms with E-state index in [1.54, 1.807) is 0 Å². The first-order valence-electron chi connectivity index (χ1n) is 7.34. The Balaban J connectivity index is 2.11. The molecule has 2 rings (SSSR count). The molecule has 0 N–H and O–H groups in total. The molecule has 1 aliphatic heterocycles. The van der Waals surface area contributed by atoms with Crippen LogP contribution in [-0.2, 0) is 4.79 Å². The maximum absolute atomic E-state index is 12.8. The molecule has 2 nitrogen and oxygen atoms in total. The van der Waals surface area contributed by atoms with Gasteiger partial charge in [0.05, 0.1) is 0 Å². The summed E-state index contributed by atoms with van der Waals surface area (Å²) in [6, 6.07) is 0.261. The van der Waals surface area contributed by atoms with Crippen molar-refractivity contribution in [3.05, 3.63) is 0 Å². The third-order valence-corrected chi connectivity index (χ3v) is 5.45. The van der Waals surface area contributed by atoms with Gasteiger partial charge >= 0.3 is 0 Å². The first-order valence-corrected chi connectivity index (χ1v) is 7.87. The van der Waals surface area contributed by atoms with E-state index in [1.807, 2.05) is 0 Å². The highest BCUT2D eigenvalue weighted by molar-refractivity contribution is 6.18. The lowest BCUT2D eigenvalue weighted by Crippen LogP contribution is -2.47. The van der Waals surface area contributed by atoms with Gasteiger partial charge in [0.2, 0.25) is 5.91 Å². The van der Waals surface area contributed by atoms with Crippen molar-refractivity contribution in [3.8, 4) is 0 Å². The summed E-state index contributed by atoms with van der Waals surface area (Å²) in [5, 5.41) is 0. The molecular weight excluding hydrogens is 246 g/mol. The third-order valence-electron chi connectivity index (χ3n) is 5.13. The summed E-state index contributed by atoms with van der Waals surface area (Å²) in [4.78, 5) is 14.9. The number of alkyl halides is 1. The zero-order chi connectivity index (χ0) is 13.3. The van der Waals surface area contributed by atoms with Crippen molar-refractivity contribution >= 4 is 17.5 Å². The zero-order valence-electron chi connectivity index (χ0n) is 11.9. The van der Waals surface area contributed by atoms with Crippen LogP contribution in [0.3, 0.4) is 0 Å². The van der Waals surface area contributed by atoms with Crippen LogP contribution in [0.15, 0.2) is 0 Å². The maximum atomic E-state index is 12.8. The quantitative estimate of drug-likeness (QED) is 0.702. The lowest BCUT2D eigenvalue weighted by atomic mass is 9.68. The SMILES string of the molecule is CC1CCN(C(=O)C2CCCCC2(C)C)C1CCl. The van der Waals surface area contributed by atoms with Crippen molar-refractivity contribution in [2.24, 2.45) is 17.3 Å². The Hall–Kier alpha value is -0.240. The van der Waals surface area contributed by atoms with Gasteiger partial charge in [0, 0.05) is 24.4 Å². The number of likely N-dealkylation sites (tertiary alicyclic amines) is 1. The van der Waals surface area contributed by atoms with Gasteiger partial charge in [-0.15, -0.1) is 11.6 Å². The van der Waals surface area contributed by atoms with E-state index in [0.29, 0.717) is 17.7 Å². The second kappa shape index (κ2) is 5.40. The van der Waals surface area contributed by atoms with E-state index in [-0.39, 0.29) is 17.4 Å². The Bertz CT molecular complexity index is 316. The maximum Gasteiger partial charge on any atom is 0.226 e. The summed E-state index contributed by atoms with van der Waals surface area (Å²) in [5.74, 6) is 1.72. The number of carbonyl (C=O) groups is 1. The molecule has 1 heterocycles. The molecule has 0 bridgehead atoms. The summed E-state index contributed by atoms with van der Waals surface area (Å²) in [6.07, 6.45) is 5.82. The molecule has 3 heteroatoms.